The van der Waals surface area contributed by atoms with Gasteiger partial charge in [-0.15, -0.1) is 0 Å². The van der Waals surface area contributed by atoms with Crippen LogP contribution in [0.3, 0.4) is 0 Å². The van der Waals surface area contributed by atoms with Crippen molar-refractivity contribution < 1.29 is 14.7 Å². The van der Waals surface area contributed by atoms with Gasteiger partial charge >= 0.3 is 5.97 Å². The van der Waals surface area contributed by atoms with E-state index in [0.717, 1.165) is 17.2 Å². The number of carbonyl (C=O) groups is 2. The summed E-state index contributed by atoms with van der Waals surface area (Å²) in [6.45, 7) is 1.89. The summed E-state index contributed by atoms with van der Waals surface area (Å²) in [5.41, 5.74) is 2.86. The monoisotopic (exact) mass is 281 g/mol. The van der Waals surface area contributed by atoms with Gasteiger partial charge in [-0.2, -0.15) is 0 Å². The first-order valence-electron chi connectivity index (χ1n) is 6.44. The van der Waals surface area contributed by atoms with Crippen LogP contribution >= 0.6 is 0 Å². The Morgan fingerprint density at radius 1 is 1.10 bits per heavy atom. The quantitative estimate of drug-likeness (QED) is 0.845. The molecule has 0 saturated heterocycles. The van der Waals surface area contributed by atoms with Crippen LogP contribution in [0.25, 0.3) is 6.08 Å². The van der Waals surface area contributed by atoms with E-state index in [1.165, 1.54) is 6.08 Å². The second-order valence-corrected chi connectivity index (χ2v) is 4.62. The van der Waals surface area contributed by atoms with E-state index in [1.807, 2.05) is 25.1 Å². The fourth-order valence-corrected chi connectivity index (χ4v) is 1.94. The summed E-state index contributed by atoms with van der Waals surface area (Å²) in [4.78, 5) is 22.6. The molecule has 0 fully saturated rings. The molecule has 0 spiro atoms. The fourth-order valence-electron chi connectivity index (χ4n) is 1.94. The molecule has 106 valence electrons. The number of carbonyl (C=O) groups excluding carboxylic acids is 1. The van der Waals surface area contributed by atoms with E-state index < -0.39 is 5.97 Å². The highest BCUT2D eigenvalue weighted by molar-refractivity contribution is 6.04. The molecule has 2 N–H and O–H groups in total. The average molecular weight is 281 g/mol. The second kappa shape index (κ2) is 6.52. The zero-order valence-corrected chi connectivity index (χ0v) is 11.5. The molecule has 0 unspecified atom stereocenters. The molecule has 0 bridgehead atoms. The third-order valence-electron chi connectivity index (χ3n) is 2.81. The number of rotatable bonds is 4. The lowest BCUT2D eigenvalue weighted by Crippen LogP contribution is -2.11. The first kappa shape index (κ1) is 14.5. The van der Waals surface area contributed by atoms with Crippen LogP contribution in [-0.2, 0) is 4.79 Å². The Bertz CT molecular complexity index is 690. The average Bonchev–Trinajstić information content (AvgIpc) is 2.45. The second-order valence-electron chi connectivity index (χ2n) is 4.62. The van der Waals surface area contributed by atoms with Crippen molar-refractivity contribution in [2.45, 2.75) is 6.92 Å². The van der Waals surface area contributed by atoms with Crippen molar-refractivity contribution in [1.82, 2.24) is 0 Å². The molecule has 0 atom stereocenters. The van der Waals surface area contributed by atoms with Gasteiger partial charge in [0.1, 0.15) is 0 Å². The molecule has 0 aliphatic heterocycles. The summed E-state index contributed by atoms with van der Waals surface area (Å²) in [6.07, 6.45) is 2.56. The van der Waals surface area contributed by atoms with E-state index >= 15 is 0 Å². The molecule has 4 nitrogen and oxygen atoms in total. The predicted octanol–water partition coefficient (Wildman–Crippen LogP) is 3.35. The zero-order chi connectivity index (χ0) is 15.2. The summed E-state index contributed by atoms with van der Waals surface area (Å²) in [6, 6.07) is 14.3. The van der Waals surface area contributed by atoms with Crippen LogP contribution < -0.4 is 5.32 Å². The van der Waals surface area contributed by atoms with Crippen molar-refractivity contribution in [2.24, 2.45) is 0 Å². The molecule has 21 heavy (non-hydrogen) atoms. The molecule has 2 rings (SSSR count). The number of amides is 1. The predicted molar refractivity (Wildman–Crippen MR) is 82.2 cm³/mol. The number of nitrogens with one attached hydrogen (secondary N) is 1. The minimum atomic E-state index is -1.01. The summed E-state index contributed by atoms with van der Waals surface area (Å²) >= 11 is 0. The molecule has 4 heteroatoms. The number of aryl methyl sites for hydroxylation is 1. The lowest BCUT2D eigenvalue weighted by molar-refractivity contribution is -0.131. The van der Waals surface area contributed by atoms with E-state index in [-0.39, 0.29) is 5.91 Å². The van der Waals surface area contributed by atoms with Crippen LogP contribution in [0.15, 0.2) is 54.6 Å². The Morgan fingerprint density at radius 2 is 1.81 bits per heavy atom. The van der Waals surface area contributed by atoms with E-state index in [4.69, 9.17) is 5.11 Å². The molecule has 2 aromatic rings. The van der Waals surface area contributed by atoms with Gasteiger partial charge in [0.25, 0.3) is 5.91 Å². The molecule has 1 amide bonds. The maximum Gasteiger partial charge on any atom is 0.328 e. The van der Waals surface area contributed by atoms with Gasteiger partial charge in [0.05, 0.1) is 0 Å². The molecule has 2 aromatic carbocycles. The van der Waals surface area contributed by atoms with Crippen molar-refractivity contribution in [3.63, 3.8) is 0 Å². The van der Waals surface area contributed by atoms with Crippen molar-refractivity contribution in [3.8, 4) is 0 Å². The highest BCUT2D eigenvalue weighted by Gasteiger charge is 2.06. The third kappa shape index (κ3) is 4.31. The smallest absolute Gasteiger partial charge is 0.328 e. The van der Waals surface area contributed by atoms with Gasteiger partial charge in [0.2, 0.25) is 0 Å². The van der Waals surface area contributed by atoms with E-state index in [1.54, 1.807) is 30.3 Å². The van der Waals surface area contributed by atoms with Crippen LogP contribution in [0.1, 0.15) is 21.5 Å². The lowest BCUT2D eigenvalue weighted by atomic mass is 10.1. The minimum absolute atomic E-state index is 0.200. The number of benzene rings is 2. The third-order valence-corrected chi connectivity index (χ3v) is 2.81. The topological polar surface area (TPSA) is 66.4 Å². The molecule has 0 heterocycles. The largest absolute Gasteiger partial charge is 0.478 e. The molecule has 0 aliphatic carbocycles. The number of anilines is 1. The summed E-state index contributed by atoms with van der Waals surface area (Å²) < 4.78 is 0. The van der Waals surface area contributed by atoms with Crippen LogP contribution in [0.2, 0.25) is 0 Å². The van der Waals surface area contributed by atoms with Crippen LogP contribution in [0, 0.1) is 6.92 Å². The maximum atomic E-state index is 12.1. The number of hydrogen-bond donors (Lipinski definition) is 2. The highest BCUT2D eigenvalue weighted by atomic mass is 16.4. The molecule has 0 aliphatic rings. The normalized spacial score (nSPS) is 10.5. The Morgan fingerprint density at radius 3 is 2.48 bits per heavy atom. The summed E-state index contributed by atoms with van der Waals surface area (Å²) in [7, 11) is 0. The highest BCUT2D eigenvalue weighted by Crippen LogP contribution is 2.17. The number of carboxylic acid groups (broad SMARTS) is 1. The van der Waals surface area contributed by atoms with Crippen molar-refractivity contribution in [2.75, 3.05) is 5.32 Å². The Hall–Kier alpha value is -2.88. The van der Waals surface area contributed by atoms with Gasteiger partial charge in [-0.25, -0.2) is 4.79 Å². The lowest BCUT2D eigenvalue weighted by Gasteiger charge is -2.07. The standard InChI is InChI=1S/C17H15NO3/c1-12-9-13(7-8-16(19)20)11-15(10-12)18-17(21)14-5-3-2-4-6-14/h2-11H,1H3,(H,18,21)(H,19,20)/b8-7+. The van der Waals surface area contributed by atoms with Crippen molar-refractivity contribution in [1.29, 1.82) is 0 Å². The van der Waals surface area contributed by atoms with Crippen LogP contribution in [-0.4, -0.2) is 17.0 Å². The minimum Gasteiger partial charge on any atom is -0.478 e. The van der Waals surface area contributed by atoms with Crippen LogP contribution in [0.4, 0.5) is 5.69 Å². The van der Waals surface area contributed by atoms with Gasteiger partial charge in [-0.3, -0.25) is 4.79 Å². The van der Waals surface area contributed by atoms with E-state index in [9.17, 15) is 9.59 Å². The molecule has 0 radical (unpaired) electrons. The van der Waals surface area contributed by atoms with Gasteiger partial charge < -0.3 is 10.4 Å². The number of aliphatic carboxylic acids is 1. The fraction of sp³-hybridized carbons (Fsp3) is 0.0588. The van der Waals surface area contributed by atoms with Crippen molar-refractivity contribution in [3.05, 3.63) is 71.3 Å². The van der Waals surface area contributed by atoms with Gasteiger partial charge in [-0.1, -0.05) is 24.3 Å². The molecule has 0 aromatic heterocycles. The zero-order valence-electron chi connectivity index (χ0n) is 11.5. The first-order valence-corrected chi connectivity index (χ1v) is 6.44. The number of hydrogen-bond acceptors (Lipinski definition) is 2. The Balaban J connectivity index is 2.20. The SMILES string of the molecule is Cc1cc(/C=C/C(=O)O)cc(NC(=O)c2ccccc2)c1. The van der Waals surface area contributed by atoms with Gasteiger partial charge in [0.15, 0.2) is 0 Å². The first-order chi connectivity index (χ1) is 10.0. The molecular formula is C17H15NO3. The summed E-state index contributed by atoms with van der Waals surface area (Å²) in [5, 5.41) is 11.5. The Labute approximate surface area is 122 Å². The number of carboxylic acids is 1. The maximum absolute atomic E-state index is 12.1. The summed E-state index contributed by atoms with van der Waals surface area (Å²) in [5.74, 6) is -1.21. The van der Waals surface area contributed by atoms with E-state index in [2.05, 4.69) is 5.32 Å². The Kier molecular flexibility index (Phi) is 4.51. The molecule has 0 saturated carbocycles. The van der Waals surface area contributed by atoms with Crippen LogP contribution in [0.5, 0.6) is 0 Å². The van der Waals surface area contributed by atoms with Crippen molar-refractivity contribution >= 4 is 23.6 Å². The van der Waals surface area contributed by atoms with E-state index in [0.29, 0.717) is 11.3 Å². The van der Waals surface area contributed by atoms with Gasteiger partial charge in [0, 0.05) is 17.3 Å². The van der Waals surface area contributed by atoms with Gasteiger partial charge in [-0.05, 0) is 48.4 Å². The molecular weight excluding hydrogens is 266 g/mol.